The van der Waals surface area contributed by atoms with Crippen LogP contribution in [0.5, 0.6) is 0 Å². The number of benzene rings is 1. The summed E-state index contributed by atoms with van der Waals surface area (Å²) in [5.74, 6) is -5.41. The summed E-state index contributed by atoms with van der Waals surface area (Å²) in [6.07, 6.45) is 1.56. The largest absolute Gasteiger partial charge is 0.481 e. The molecule has 1 heterocycles. The Balaban J connectivity index is 1.94. The van der Waals surface area contributed by atoms with Crippen molar-refractivity contribution in [3.63, 3.8) is 0 Å². The van der Waals surface area contributed by atoms with Gasteiger partial charge in [0.05, 0.1) is 6.54 Å². The molecule has 0 aromatic heterocycles. The van der Waals surface area contributed by atoms with Crippen LogP contribution in [-0.2, 0) is 49.7 Å². The van der Waals surface area contributed by atoms with Crippen molar-refractivity contribution in [3.8, 4) is 0 Å². The molecule has 0 spiro atoms. The Morgan fingerprint density at radius 2 is 1.48 bits per heavy atom. The predicted molar refractivity (Wildman–Crippen MR) is 154 cm³/mol. The second-order valence-corrected chi connectivity index (χ2v) is 10.4. The Hall–Kier alpha value is -5.08. The standard InChI is InChI=1S/C29H37N5O10/c1-17(2)14-22(33-23(36)12-13-34-25(38)9-10-26(34)39)28(42)30-15-24(37)32-21(8-11-27(40)41)29(43)31-20-6-4-19(5-7-20)16-44-18(3)35/h4-7,9-10,17,21-22H,8,11-16H2,1-3H3,(H,30,42)(H,31,43)(H,32,37)(H,33,36)(H,40,41)/t21-,22+/m0/s1. The molecule has 0 fully saturated rings. The summed E-state index contributed by atoms with van der Waals surface area (Å²) in [5, 5.41) is 19.1. The van der Waals surface area contributed by atoms with E-state index < -0.39 is 72.4 Å². The van der Waals surface area contributed by atoms with Crippen LogP contribution in [0, 0.1) is 5.92 Å². The summed E-state index contributed by atoms with van der Waals surface area (Å²) in [4.78, 5) is 97.2. The number of rotatable bonds is 17. The Labute approximate surface area is 253 Å². The normalized spacial score (nSPS) is 13.7. The maximum Gasteiger partial charge on any atom is 0.303 e. The molecule has 0 aliphatic carbocycles. The monoisotopic (exact) mass is 615 g/mol. The molecule has 1 aliphatic heterocycles. The number of amides is 6. The van der Waals surface area contributed by atoms with Crippen molar-refractivity contribution in [2.45, 2.75) is 65.1 Å². The number of carbonyl (C=O) groups is 8. The lowest BCUT2D eigenvalue weighted by Crippen LogP contribution is -2.52. The third kappa shape index (κ3) is 12.4. The summed E-state index contributed by atoms with van der Waals surface area (Å²) < 4.78 is 4.91. The van der Waals surface area contributed by atoms with E-state index in [1.165, 1.54) is 6.92 Å². The third-order valence-electron chi connectivity index (χ3n) is 6.21. The molecule has 15 nitrogen and oxygen atoms in total. The van der Waals surface area contributed by atoms with Gasteiger partial charge in [-0.25, -0.2) is 0 Å². The predicted octanol–water partition coefficient (Wildman–Crippen LogP) is 0.00000000000000555. The fourth-order valence-corrected chi connectivity index (χ4v) is 4.01. The first kappa shape index (κ1) is 35.1. The smallest absolute Gasteiger partial charge is 0.303 e. The summed E-state index contributed by atoms with van der Waals surface area (Å²) in [7, 11) is 0. The molecule has 5 N–H and O–H groups in total. The number of carbonyl (C=O) groups excluding carboxylic acids is 7. The van der Waals surface area contributed by atoms with E-state index in [4.69, 9.17) is 9.84 Å². The molecule has 6 amide bonds. The molecule has 15 heteroatoms. The van der Waals surface area contributed by atoms with E-state index in [0.717, 1.165) is 17.1 Å². The van der Waals surface area contributed by atoms with E-state index in [1.54, 1.807) is 24.3 Å². The van der Waals surface area contributed by atoms with Crippen LogP contribution in [0.4, 0.5) is 5.69 Å². The molecule has 0 radical (unpaired) electrons. The topological polar surface area (TPSA) is 217 Å². The van der Waals surface area contributed by atoms with Crippen LogP contribution in [0.25, 0.3) is 0 Å². The zero-order valence-electron chi connectivity index (χ0n) is 24.7. The molecular formula is C29H37N5O10. The zero-order valence-corrected chi connectivity index (χ0v) is 24.7. The van der Waals surface area contributed by atoms with Crippen molar-refractivity contribution < 1.29 is 48.2 Å². The van der Waals surface area contributed by atoms with Gasteiger partial charge in [-0.3, -0.25) is 43.3 Å². The second kappa shape index (κ2) is 17.1. The average molecular weight is 616 g/mol. The van der Waals surface area contributed by atoms with Crippen LogP contribution in [0.2, 0.25) is 0 Å². The Bertz CT molecular complexity index is 1270. The first-order valence-electron chi connectivity index (χ1n) is 13.9. The Kier molecular flexibility index (Phi) is 13.7. The van der Waals surface area contributed by atoms with E-state index >= 15 is 0 Å². The SMILES string of the molecule is CC(=O)OCc1ccc(NC(=O)[C@H](CCC(=O)O)NC(=O)CNC(=O)[C@@H](CC(C)C)NC(=O)CCN2C(=O)C=CC2=O)cc1. The van der Waals surface area contributed by atoms with Crippen molar-refractivity contribution in [3.05, 3.63) is 42.0 Å². The van der Waals surface area contributed by atoms with Crippen molar-refractivity contribution >= 4 is 53.1 Å². The minimum absolute atomic E-state index is 0.0226. The van der Waals surface area contributed by atoms with Crippen molar-refractivity contribution in [1.82, 2.24) is 20.9 Å². The van der Waals surface area contributed by atoms with E-state index in [-0.39, 0.29) is 38.3 Å². The number of carboxylic acid groups (broad SMARTS) is 1. The average Bonchev–Trinajstić information content (AvgIpc) is 3.27. The van der Waals surface area contributed by atoms with Gasteiger partial charge in [0, 0.05) is 44.1 Å². The van der Waals surface area contributed by atoms with E-state index in [2.05, 4.69) is 21.3 Å². The fraction of sp³-hybridized carbons (Fsp3) is 0.448. The van der Waals surface area contributed by atoms with Gasteiger partial charge in [-0.15, -0.1) is 0 Å². The highest BCUT2D eigenvalue weighted by Gasteiger charge is 2.27. The first-order valence-corrected chi connectivity index (χ1v) is 13.9. The summed E-state index contributed by atoms with van der Waals surface area (Å²) in [6, 6.07) is 4.07. The highest BCUT2D eigenvalue weighted by molar-refractivity contribution is 6.13. The summed E-state index contributed by atoms with van der Waals surface area (Å²) >= 11 is 0. The number of imide groups is 1. The maximum absolute atomic E-state index is 12.9. The highest BCUT2D eigenvalue weighted by atomic mass is 16.5. The summed E-state index contributed by atoms with van der Waals surface area (Å²) in [5.41, 5.74) is 1.03. The molecule has 0 bridgehead atoms. The highest BCUT2D eigenvalue weighted by Crippen LogP contribution is 2.12. The van der Waals surface area contributed by atoms with Gasteiger partial charge in [0.2, 0.25) is 23.6 Å². The lowest BCUT2D eigenvalue weighted by atomic mass is 10.0. The molecular weight excluding hydrogens is 578 g/mol. The number of esters is 1. The van der Waals surface area contributed by atoms with Crippen molar-refractivity contribution in [1.29, 1.82) is 0 Å². The van der Waals surface area contributed by atoms with Gasteiger partial charge in [0.1, 0.15) is 18.7 Å². The number of carboxylic acids is 1. The maximum atomic E-state index is 12.9. The van der Waals surface area contributed by atoms with Gasteiger partial charge in [-0.2, -0.15) is 0 Å². The number of hydrogen-bond donors (Lipinski definition) is 5. The van der Waals surface area contributed by atoms with Gasteiger partial charge >= 0.3 is 11.9 Å². The van der Waals surface area contributed by atoms with E-state index in [0.29, 0.717) is 11.3 Å². The van der Waals surface area contributed by atoms with Crippen LogP contribution in [-0.4, -0.2) is 82.6 Å². The number of anilines is 1. The lowest BCUT2D eigenvalue weighted by molar-refractivity contribution is -0.142. The quantitative estimate of drug-likeness (QED) is 0.117. The molecule has 0 saturated carbocycles. The zero-order chi connectivity index (χ0) is 32.8. The van der Waals surface area contributed by atoms with Crippen LogP contribution in [0.15, 0.2) is 36.4 Å². The molecule has 238 valence electrons. The van der Waals surface area contributed by atoms with Gasteiger partial charge in [0.25, 0.3) is 11.8 Å². The van der Waals surface area contributed by atoms with Gasteiger partial charge < -0.3 is 31.1 Å². The number of ether oxygens (including phenoxy) is 1. The molecule has 2 rings (SSSR count). The van der Waals surface area contributed by atoms with Crippen LogP contribution >= 0.6 is 0 Å². The molecule has 1 aromatic rings. The molecule has 44 heavy (non-hydrogen) atoms. The van der Waals surface area contributed by atoms with E-state index in [9.17, 15) is 38.4 Å². The van der Waals surface area contributed by atoms with Crippen molar-refractivity contribution in [2.24, 2.45) is 5.92 Å². The van der Waals surface area contributed by atoms with Crippen LogP contribution < -0.4 is 21.3 Å². The number of nitrogens with one attached hydrogen (secondary N) is 4. The molecule has 1 aromatic carbocycles. The minimum Gasteiger partial charge on any atom is -0.481 e. The minimum atomic E-state index is -1.24. The van der Waals surface area contributed by atoms with Gasteiger partial charge in [0.15, 0.2) is 0 Å². The molecule has 0 saturated heterocycles. The van der Waals surface area contributed by atoms with Crippen LogP contribution in [0.1, 0.15) is 52.0 Å². The van der Waals surface area contributed by atoms with Gasteiger partial charge in [-0.05, 0) is 36.5 Å². The second-order valence-electron chi connectivity index (χ2n) is 10.4. The van der Waals surface area contributed by atoms with E-state index in [1.807, 2.05) is 13.8 Å². The summed E-state index contributed by atoms with van der Waals surface area (Å²) in [6.45, 7) is 4.25. The number of aliphatic carboxylic acids is 1. The molecule has 2 atom stereocenters. The molecule has 1 aliphatic rings. The Morgan fingerprint density at radius 1 is 0.864 bits per heavy atom. The Morgan fingerprint density at radius 3 is 2.05 bits per heavy atom. The van der Waals surface area contributed by atoms with Gasteiger partial charge in [-0.1, -0.05) is 26.0 Å². The van der Waals surface area contributed by atoms with Crippen molar-refractivity contribution in [2.75, 3.05) is 18.4 Å². The first-order chi connectivity index (χ1) is 20.7. The van der Waals surface area contributed by atoms with Crippen LogP contribution in [0.3, 0.4) is 0 Å². The number of hydrogen-bond acceptors (Lipinski definition) is 9. The molecule has 0 unspecified atom stereocenters. The number of nitrogens with zero attached hydrogens (tertiary/aromatic N) is 1. The fourth-order valence-electron chi connectivity index (χ4n) is 4.01. The lowest BCUT2D eigenvalue weighted by Gasteiger charge is -2.22. The third-order valence-corrected chi connectivity index (χ3v) is 6.21.